The van der Waals surface area contributed by atoms with E-state index in [0.717, 1.165) is 12.8 Å². The highest BCUT2D eigenvalue weighted by atomic mass is 16.6. The molecule has 3 nitrogen and oxygen atoms in total. The number of esters is 1. The van der Waals surface area contributed by atoms with Crippen molar-refractivity contribution in [1.82, 2.24) is 0 Å². The van der Waals surface area contributed by atoms with Crippen LogP contribution in [0, 0.1) is 11.8 Å². The van der Waals surface area contributed by atoms with Gasteiger partial charge in [0.05, 0.1) is 19.1 Å². The van der Waals surface area contributed by atoms with E-state index in [1.807, 2.05) is 25.1 Å². The van der Waals surface area contributed by atoms with Crippen LogP contribution in [0.3, 0.4) is 0 Å². The highest BCUT2D eigenvalue weighted by Crippen LogP contribution is 2.32. The monoisotopic (exact) mass is 402 g/mol. The van der Waals surface area contributed by atoms with Crippen molar-refractivity contribution in [2.24, 2.45) is 11.8 Å². The van der Waals surface area contributed by atoms with Gasteiger partial charge in [0.1, 0.15) is 6.10 Å². The minimum absolute atomic E-state index is 0.0341. The van der Waals surface area contributed by atoms with Crippen LogP contribution in [0.4, 0.5) is 0 Å². The summed E-state index contributed by atoms with van der Waals surface area (Å²) >= 11 is 0. The zero-order valence-corrected chi connectivity index (χ0v) is 18.7. The fraction of sp³-hybridized carbons (Fsp3) is 0.731. The maximum absolute atomic E-state index is 12.1. The van der Waals surface area contributed by atoms with Crippen LogP contribution in [0.1, 0.15) is 96.5 Å². The van der Waals surface area contributed by atoms with E-state index >= 15 is 0 Å². The lowest BCUT2D eigenvalue weighted by atomic mass is 9.90. The molecular weight excluding hydrogens is 360 g/mol. The van der Waals surface area contributed by atoms with Gasteiger partial charge in [0.2, 0.25) is 0 Å². The maximum atomic E-state index is 12.1. The summed E-state index contributed by atoms with van der Waals surface area (Å²) in [5.74, 6) is 0.0872. The summed E-state index contributed by atoms with van der Waals surface area (Å²) in [7, 11) is 0. The van der Waals surface area contributed by atoms with Crippen molar-refractivity contribution in [3.8, 4) is 0 Å². The first kappa shape index (κ1) is 23.9. The Kier molecular flexibility index (Phi) is 12.0. The molecule has 0 radical (unpaired) electrons. The molecule has 1 aromatic rings. The molecule has 0 unspecified atom stereocenters. The summed E-state index contributed by atoms with van der Waals surface area (Å²) in [4.78, 5) is 12.1. The summed E-state index contributed by atoms with van der Waals surface area (Å²) < 4.78 is 11.6. The van der Waals surface area contributed by atoms with Crippen molar-refractivity contribution in [2.75, 3.05) is 6.61 Å². The molecule has 3 atom stereocenters. The highest BCUT2D eigenvalue weighted by molar-refractivity contribution is 5.74. The van der Waals surface area contributed by atoms with Crippen LogP contribution in [0.25, 0.3) is 0 Å². The van der Waals surface area contributed by atoms with Gasteiger partial charge in [0.25, 0.3) is 0 Å². The predicted octanol–water partition coefficient (Wildman–Crippen LogP) is 7.08. The van der Waals surface area contributed by atoms with Gasteiger partial charge in [-0.05, 0) is 18.4 Å². The van der Waals surface area contributed by atoms with E-state index in [9.17, 15) is 4.79 Å². The first-order chi connectivity index (χ1) is 14.2. The minimum Gasteiger partial charge on any atom is -0.462 e. The Morgan fingerprint density at radius 3 is 2.07 bits per heavy atom. The van der Waals surface area contributed by atoms with Crippen molar-refractivity contribution in [3.05, 3.63) is 35.9 Å². The molecule has 0 amide bonds. The average molecular weight is 403 g/mol. The number of rotatable bonds is 16. The Bertz CT molecular complexity index is 542. The molecular formula is C26H42O3. The number of carbonyl (C=O) groups is 1. The van der Waals surface area contributed by atoms with Gasteiger partial charge in [0, 0.05) is 5.92 Å². The molecule has 0 saturated carbocycles. The lowest BCUT2D eigenvalue weighted by Gasteiger charge is -2.19. The number of ether oxygens (including phenoxy) is 2. The summed E-state index contributed by atoms with van der Waals surface area (Å²) in [6, 6.07) is 10.2. The molecule has 0 N–H and O–H groups in total. The van der Waals surface area contributed by atoms with Crippen molar-refractivity contribution in [1.29, 1.82) is 0 Å². The number of benzene rings is 1. The lowest BCUT2D eigenvalue weighted by molar-refractivity contribution is -0.144. The number of cyclic esters (lactones) is 1. The van der Waals surface area contributed by atoms with E-state index in [0.29, 0.717) is 13.2 Å². The van der Waals surface area contributed by atoms with E-state index in [2.05, 4.69) is 19.1 Å². The van der Waals surface area contributed by atoms with Crippen LogP contribution in [0.5, 0.6) is 0 Å². The maximum Gasteiger partial charge on any atom is 0.309 e. The van der Waals surface area contributed by atoms with Gasteiger partial charge in [-0.2, -0.15) is 0 Å². The van der Waals surface area contributed by atoms with Crippen molar-refractivity contribution in [2.45, 2.75) is 104 Å². The van der Waals surface area contributed by atoms with Crippen LogP contribution < -0.4 is 0 Å². The second-order valence-electron chi connectivity index (χ2n) is 8.75. The standard InChI is InChI=1S/C26H42O3/c1-3-4-5-6-7-8-9-10-11-12-16-19-25-24(22(2)26(27)29-25)21-28-20-23-17-14-13-15-18-23/h13-15,17-18,22,24-25H,3-12,16,19-21H2,1-2H3/t22-,24-,25+/m0/s1. The van der Waals surface area contributed by atoms with Gasteiger partial charge in [-0.1, -0.05) is 108 Å². The van der Waals surface area contributed by atoms with Crippen LogP contribution in [-0.4, -0.2) is 18.7 Å². The Balaban J connectivity index is 1.55. The van der Waals surface area contributed by atoms with Gasteiger partial charge in [-0.15, -0.1) is 0 Å². The SMILES string of the molecule is CCCCCCCCCCCCC[C@H]1OC(=O)[C@@H](C)[C@@H]1COCc1ccccc1. The number of hydrogen-bond donors (Lipinski definition) is 0. The molecule has 0 bridgehead atoms. The minimum atomic E-state index is -0.0523. The second kappa shape index (κ2) is 14.6. The molecule has 1 heterocycles. The first-order valence-electron chi connectivity index (χ1n) is 12.0. The predicted molar refractivity (Wildman–Crippen MR) is 120 cm³/mol. The molecule has 1 fully saturated rings. The van der Waals surface area contributed by atoms with Gasteiger partial charge in [0.15, 0.2) is 0 Å². The van der Waals surface area contributed by atoms with Crippen LogP contribution in [0.15, 0.2) is 30.3 Å². The zero-order chi connectivity index (χ0) is 20.7. The van der Waals surface area contributed by atoms with E-state index < -0.39 is 0 Å². The van der Waals surface area contributed by atoms with Gasteiger partial charge < -0.3 is 9.47 Å². The normalized spacial score (nSPS) is 21.4. The van der Waals surface area contributed by atoms with Gasteiger partial charge in [-0.25, -0.2) is 0 Å². The summed E-state index contributed by atoms with van der Waals surface area (Å²) in [6.07, 6.45) is 15.8. The second-order valence-corrected chi connectivity index (χ2v) is 8.75. The van der Waals surface area contributed by atoms with Gasteiger partial charge in [-0.3, -0.25) is 4.79 Å². The summed E-state index contributed by atoms with van der Waals surface area (Å²) in [6.45, 7) is 5.46. The average Bonchev–Trinajstić information content (AvgIpc) is 3.00. The number of hydrogen-bond acceptors (Lipinski definition) is 3. The first-order valence-corrected chi connectivity index (χ1v) is 12.0. The zero-order valence-electron chi connectivity index (χ0n) is 18.7. The molecule has 0 aliphatic carbocycles. The molecule has 164 valence electrons. The van der Waals surface area contributed by atoms with E-state index in [-0.39, 0.29) is 23.9 Å². The van der Waals surface area contributed by atoms with Crippen LogP contribution >= 0.6 is 0 Å². The van der Waals surface area contributed by atoms with Crippen LogP contribution in [-0.2, 0) is 20.9 Å². The van der Waals surface area contributed by atoms with Crippen LogP contribution in [0.2, 0.25) is 0 Å². The highest BCUT2D eigenvalue weighted by Gasteiger charge is 2.41. The van der Waals surface area contributed by atoms with Crippen molar-refractivity contribution < 1.29 is 14.3 Å². The Labute approximate surface area is 178 Å². The number of carbonyl (C=O) groups excluding carboxylic acids is 1. The Morgan fingerprint density at radius 2 is 1.45 bits per heavy atom. The smallest absolute Gasteiger partial charge is 0.309 e. The molecule has 1 aliphatic heterocycles. The molecule has 2 rings (SSSR count). The van der Waals surface area contributed by atoms with Crippen molar-refractivity contribution in [3.63, 3.8) is 0 Å². The summed E-state index contributed by atoms with van der Waals surface area (Å²) in [5, 5.41) is 0. The Morgan fingerprint density at radius 1 is 0.862 bits per heavy atom. The van der Waals surface area contributed by atoms with Crippen molar-refractivity contribution >= 4 is 5.97 Å². The van der Waals surface area contributed by atoms with E-state index in [1.165, 1.54) is 69.8 Å². The van der Waals surface area contributed by atoms with E-state index in [4.69, 9.17) is 9.47 Å². The lowest BCUT2D eigenvalue weighted by Crippen LogP contribution is -2.24. The topological polar surface area (TPSA) is 35.5 Å². The molecule has 0 aromatic heterocycles. The van der Waals surface area contributed by atoms with Gasteiger partial charge >= 0.3 is 5.97 Å². The Hall–Kier alpha value is -1.35. The third-order valence-electron chi connectivity index (χ3n) is 6.27. The molecule has 29 heavy (non-hydrogen) atoms. The fourth-order valence-corrected chi connectivity index (χ4v) is 4.26. The largest absolute Gasteiger partial charge is 0.462 e. The quantitative estimate of drug-likeness (QED) is 0.219. The third kappa shape index (κ3) is 9.33. The fourth-order valence-electron chi connectivity index (χ4n) is 4.26. The van der Waals surface area contributed by atoms with E-state index in [1.54, 1.807) is 0 Å². The third-order valence-corrected chi connectivity index (χ3v) is 6.27. The molecule has 1 aromatic carbocycles. The molecule has 3 heteroatoms. The summed E-state index contributed by atoms with van der Waals surface area (Å²) in [5.41, 5.74) is 1.17. The molecule has 1 aliphatic rings. The molecule has 1 saturated heterocycles. The molecule has 0 spiro atoms. The number of unbranched alkanes of at least 4 members (excludes halogenated alkanes) is 10.